The number of nitrogens with zero attached hydrogens (tertiary/aromatic N) is 2. The summed E-state index contributed by atoms with van der Waals surface area (Å²) in [6, 6.07) is 0. The van der Waals surface area contributed by atoms with Gasteiger partial charge in [0, 0.05) is 5.33 Å². The second kappa shape index (κ2) is 5.38. The summed E-state index contributed by atoms with van der Waals surface area (Å²) >= 11 is 2.91. The van der Waals surface area contributed by atoms with E-state index in [4.69, 9.17) is 0 Å². The standard InChI is InChI=1S/C8H6BrF3N2O4/c1-17-7-5(14(15)16)3-13-4(2-9)6(7)18-8(10,11)12/h3H,2H2,1H3. The SMILES string of the molecule is COc1c([N+](=O)[O-])cnc(CBr)c1OC(F)(F)F. The van der Waals surface area contributed by atoms with E-state index < -0.39 is 28.5 Å². The van der Waals surface area contributed by atoms with Gasteiger partial charge in [-0.3, -0.25) is 10.1 Å². The molecule has 1 aromatic heterocycles. The predicted octanol–water partition coefficient (Wildman–Crippen LogP) is 2.79. The maximum absolute atomic E-state index is 12.2. The molecule has 0 bridgehead atoms. The molecule has 0 radical (unpaired) electrons. The Labute approximate surface area is 107 Å². The summed E-state index contributed by atoms with van der Waals surface area (Å²) in [5.74, 6) is -1.45. The van der Waals surface area contributed by atoms with Crippen LogP contribution in [0.5, 0.6) is 11.5 Å². The van der Waals surface area contributed by atoms with E-state index in [0.717, 1.165) is 13.3 Å². The Kier molecular flexibility index (Phi) is 4.33. The number of aromatic nitrogens is 1. The number of ether oxygens (including phenoxy) is 2. The van der Waals surface area contributed by atoms with Crippen LogP contribution in [0.15, 0.2) is 6.20 Å². The van der Waals surface area contributed by atoms with E-state index in [2.05, 4.69) is 30.4 Å². The Morgan fingerprint density at radius 3 is 2.50 bits per heavy atom. The third-order valence-corrected chi connectivity index (χ3v) is 2.32. The molecule has 100 valence electrons. The topological polar surface area (TPSA) is 74.5 Å². The van der Waals surface area contributed by atoms with Gasteiger partial charge in [0.15, 0.2) is 0 Å². The minimum absolute atomic E-state index is 0.0766. The number of rotatable bonds is 4. The van der Waals surface area contributed by atoms with Gasteiger partial charge in [0.1, 0.15) is 6.20 Å². The fourth-order valence-corrected chi connectivity index (χ4v) is 1.55. The van der Waals surface area contributed by atoms with E-state index >= 15 is 0 Å². The molecule has 0 amide bonds. The van der Waals surface area contributed by atoms with Gasteiger partial charge < -0.3 is 9.47 Å². The first-order chi connectivity index (χ1) is 8.30. The lowest BCUT2D eigenvalue weighted by Crippen LogP contribution is -2.19. The molecular weight excluding hydrogens is 325 g/mol. The molecule has 0 atom stereocenters. The van der Waals surface area contributed by atoms with Crippen LogP contribution >= 0.6 is 15.9 Å². The number of methoxy groups -OCH3 is 1. The molecule has 0 aromatic carbocycles. The maximum Gasteiger partial charge on any atom is 0.573 e. The zero-order valence-electron chi connectivity index (χ0n) is 8.82. The Morgan fingerprint density at radius 1 is 1.50 bits per heavy atom. The minimum Gasteiger partial charge on any atom is -0.487 e. The van der Waals surface area contributed by atoms with E-state index in [1.54, 1.807) is 0 Å². The lowest BCUT2D eigenvalue weighted by molar-refractivity contribution is -0.386. The Hall–Kier alpha value is -1.58. The molecule has 0 aliphatic heterocycles. The van der Waals surface area contributed by atoms with Gasteiger partial charge in [0.05, 0.1) is 17.7 Å². The largest absolute Gasteiger partial charge is 0.573 e. The Balaban J connectivity index is 3.41. The average molecular weight is 331 g/mol. The zero-order chi connectivity index (χ0) is 13.9. The number of nitro groups is 1. The third-order valence-electron chi connectivity index (χ3n) is 1.79. The van der Waals surface area contributed by atoms with Crippen molar-refractivity contribution < 1.29 is 27.6 Å². The highest BCUT2D eigenvalue weighted by Gasteiger charge is 2.36. The maximum atomic E-state index is 12.2. The average Bonchev–Trinajstić information content (AvgIpc) is 2.26. The Bertz CT molecular complexity index is 466. The van der Waals surface area contributed by atoms with Crippen LogP contribution in [0.3, 0.4) is 0 Å². The van der Waals surface area contributed by atoms with Gasteiger partial charge in [-0.1, -0.05) is 15.9 Å². The molecule has 0 saturated heterocycles. The number of pyridine rings is 1. The van der Waals surface area contributed by atoms with E-state index in [1.165, 1.54) is 0 Å². The van der Waals surface area contributed by atoms with Gasteiger partial charge in [-0.2, -0.15) is 0 Å². The van der Waals surface area contributed by atoms with E-state index in [9.17, 15) is 23.3 Å². The van der Waals surface area contributed by atoms with E-state index in [0.29, 0.717) is 0 Å². The van der Waals surface area contributed by atoms with Crippen molar-refractivity contribution in [1.82, 2.24) is 4.98 Å². The monoisotopic (exact) mass is 330 g/mol. The lowest BCUT2D eigenvalue weighted by Gasteiger charge is -2.14. The minimum atomic E-state index is -5.00. The summed E-state index contributed by atoms with van der Waals surface area (Å²) in [7, 11) is 1.00. The van der Waals surface area contributed by atoms with Crippen LogP contribution in [0.1, 0.15) is 5.69 Å². The normalized spacial score (nSPS) is 11.2. The molecule has 0 aliphatic rings. The smallest absolute Gasteiger partial charge is 0.487 e. The first-order valence-electron chi connectivity index (χ1n) is 4.32. The van der Waals surface area contributed by atoms with Crippen LogP contribution in [0.4, 0.5) is 18.9 Å². The summed E-state index contributed by atoms with van der Waals surface area (Å²) in [6.45, 7) is 0. The molecule has 10 heteroatoms. The van der Waals surface area contributed by atoms with Gasteiger partial charge in [-0.25, -0.2) is 4.98 Å². The Morgan fingerprint density at radius 2 is 2.11 bits per heavy atom. The molecule has 0 N–H and O–H groups in total. The number of hydrogen-bond acceptors (Lipinski definition) is 5. The molecule has 1 heterocycles. The zero-order valence-corrected chi connectivity index (χ0v) is 10.4. The van der Waals surface area contributed by atoms with Gasteiger partial charge in [0.2, 0.25) is 11.5 Å². The number of halogens is 4. The van der Waals surface area contributed by atoms with Gasteiger partial charge in [-0.05, 0) is 0 Å². The van der Waals surface area contributed by atoms with Crippen molar-refractivity contribution in [3.8, 4) is 11.5 Å². The first-order valence-corrected chi connectivity index (χ1v) is 5.44. The van der Waals surface area contributed by atoms with E-state index in [1.807, 2.05) is 0 Å². The molecule has 6 nitrogen and oxygen atoms in total. The molecule has 18 heavy (non-hydrogen) atoms. The van der Waals surface area contributed by atoms with Crippen LogP contribution in [0.2, 0.25) is 0 Å². The highest BCUT2D eigenvalue weighted by Crippen LogP contribution is 2.41. The fraction of sp³-hybridized carbons (Fsp3) is 0.375. The van der Waals surface area contributed by atoms with Crippen LogP contribution < -0.4 is 9.47 Å². The predicted molar refractivity (Wildman–Crippen MR) is 56.8 cm³/mol. The van der Waals surface area contributed by atoms with Gasteiger partial charge in [0.25, 0.3) is 0 Å². The molecule has 1 rings (SSSR count). The summed E-state index contributed by atoms with van der Waals surface area (Å²) < 4.78 is 45.0. The highest BCUT2D eigenvalue weighted by atomic mass is 79.9. The van der Waals surface area contributed by atoms with Crippen molar-refractivity contribution >= 4 is 21.6 Å². The van der Waals surface area contributed by atoms with Gasteiger partial charge >= 0.3 is 12.0 Å². The lowest BCUT2D eigenvalue weighted by atomic mass is 10.3. The third kappa shape index (κ3) is 3.22. The van der Waals surface area contributed by atoms with Crippen molar-refractivity contribution in [1.29, 1.82) is 0 Å². The van der Waals surface area contributed by atoms with Crippen LogP contribution in [-0.4, -0.2) is 23.4 Å². The molecular formula is C8H6BrF3N2O4. The first kappa shape index (κ1) is 14.5. The van der Waals surface area contributed by atoms with Crippen molar-refractivity contribution in [3.63, 3.8) is 0 Å². The molecule has 0 unspecified atom stereocenters. The highest BCUT2D eigenvalue weighted by molar-refractivity contribution is 9.08. The van der Waals surface area contributed by atoms with Crippen molar-refractivity contribution in [2.24, 2.45) is 0 Å². The molecule has 0 spiro atoms. The van der Waals surface area contributed by atoms with Crippen LogP contribution in [-0.2, 0) is 5.33 Å². The van der Waals surface area contributed by atoms with Crippen molar-refractivity contribution in [3.05, 3.63) is 22.0 Å². The molecule has 1 aromatic rings. The van der Waals surface area contributed by atoms with Crippen LogP contribution in [0.25, 0.3) is 0 Å². The molecule has 0 saturated carbocycles. The van der Waals surface area contributed by atoms with Gasteiger partial charge in [-0.15, -0.1) is 13.2 Å². The second-order valence-corrected chi connectivity index (χ2v) is 3.45. The summed E-state index contributed by atoms with van der Waals surface area (Å²) in [5, 5.41) is 10.6. The second-order valence-electron chi connectivity index (χ2n) is 2.89. The quantitative estimate of drug-likeness (QED) is 0.482. The number of alkyl halides is 4. The summed E-state index contributed by atoms with van der Waals surface area (Å²) in [5.41, 5.74) is -0.865. The summed E-state index contributed by atoms with van der Waals surface area (Å²) in [6.07, 6.45) is -4.19. The fourth-order valence-electron chi connectivity index (χ4n) is 1.15. The van der Waals surface area contributed by atoms with Crippen molar-refractivity contribution in [2.75, 3.05) is 7.11 Å². The molecule has 0 aliphatic carbocycles. The van der Waals surface area contributed by atoms with E-state index in [-0.39, 0.29) is 11.0 Å². The number of hydrogen-bond donors (Lipinski definition) is 0. The van der Waals surface area contributed by atoms with Crippen LogP contribution in [0, 0.1) is 10.1 Å². The van der Waals surface area contributed by atoms with Crippen molar-refractivity contribution in [2.45, 2.75) is 11.7 Å². The molecule has 0 fully saturated rings. The summed E-state index contributed by atoms with van der Waals surface area (Å²) in [4.78, 5) is 13.2.